The first-order valence-electron chi connectivity index (χ1n) is 4.81. The molecule has 0 aliphatic carbocycles. The summed E-state index contributed by atoms with van der Waals surface area (Å²) in [6.45, 7) is 3.28. The lowest BCUT2D eigenvalue weighted by Gasteiger charge is -2.07. The van der Waals surface area contributed by atoms with Gasteiger partial charge in [0.25, 0.3) is 0 Å². The molecular weight excluding hydrogens is 162 g/mol. The summed E-state index contributed by atoms with van der Waals surface area (Å²) in [5.41, 5.74) is 2.42. The average molecular weight is 177 g/mol. The van der Waals surface area contributed by atoms with Crippen LogP contribution in [0.25, 0.3) is 0 Å². The van der Waals surface area contributed by atoms with Gasteiger partial charge in [-0.2, -0.15) is 0 Å². The normalized spacial score (nSPS) is 21.5. The zero-order valence-corrected chi connectivity index (χ0v) is 7.88. The second-order valence-corrected chi connectivity index (χ2v) is 3.87. The lowest BCUT2D eigenvalue weighted by Crippen LogP contribution is -2.01. The summed E-state index contributed by atoms with van der Waals surface area (Å²) < 4.78 is 0. The van der Waals surface area contributed by atoms with E-state index in [-0.39, 0.29) is 0 Å². The van der Waals surface area contributed by atoms with Crippen LogP contribution >= 0.6 is 0 Å². The number of phenols is 1. The number of nitrogens with one attached hydrogen (secondary N) is 1. The molecule has 0 aromatic heterocycles. The number of benzene rings is 1. The van der Waals surface area contributed by atoms with Crippen LogP contribution in [-0.4, -0.2) is 11.7 Å². The molecule has 1 atom stereocenters. The van der Waals surface area contributed by atoms with Gasteiger partial charge < -0.3 is 10.4 Å². The van der Waals surface area contributed by atoms with Crippen molar-refractivity contribution in [1.29, 1.82) is 0 Å². The molecule has 70 valence electrons. The Morgan fingerprint density at radius 2 is 2.31 bits per heavy atom. The van der Waals surface area contributed by atoms with E-state index in [1.54, 1.807) is 6.07 Å². The third kappa shape index (κ3) is 1.77. The fraction of sp³-hybridized carbons (Fsp3) is 0.455. The van der Waals surface area contributed by atoms with Gasteiger partial charge in [0.05, 0.1) is 0 Å². The molecule has 0 saturated carbocycles. The monoisotopic (exact) mass is 177 g/mol. The molecule has 0 saturated heterocycles. The van der Waals surface area contributed by atoms with Gasteiger partial charge in [0.15, 0.2) is 0 Å². The van der Waals surface area contributed by atoms with Crippen molar-refractivity contribution in [1.82, 2.24) is 0 Å². The molecule has 1 aliphatic heterocycles. The Labute approximate surface area is 78.6 Å². The maximum atomic E-state index is 9.31. The van der Waals surface area contributed by atoms with Crippen LogP contribution in [0.4, 0.5) is 5.69 Å². The van der Waals surface area contributed by atoms with Crippen molar-refractivity contribution in [2.75, 3.05) is 11.9 Å². The Balaban J connectivity index is 2.34. The molecule has 2 nitrogen and oxygen atoms in total. The quantitative estimate of drug-likeness (QED) is 0.637. The highest BCUT2D eigenvalue weighted by Gasteiger charge is 2.12. The Morgan fingerprint density at radius 3 is 3.15 bits per heavy atom. The average Bonchev–Trinajstić information content (AvgIpc) is 2.25. The molecule has 0 amide bonds. The molecule has 1 heterocycles. The van der Waals surface area contributed by atoms with E-state index >= 15 is 0 Å². The van der Waals surface area contributed by atoms with Crippen LogP contribution in [0.1, 0.15) is 18.9 Å². The van der Waals surface area contributed by atoms with E-state index in [1.807, 2.05) is 12.1 Å². The predicted octanol–water partition coefficient (Wildman–Crippen LogP) is 2.39. The summed E-state index contributed by atoms with van der Waals surface area (Å²) in [6.07, 6.45) is 2.32. The molecule has 0 bridgehead atoms. The fourth-order valence-electron chi connectivity index (χ4n) is 1.84. The summed E-state index contributed by atoms with van der Waals surface area (Å²) in [5.74, 6) is 1.08. The molecule has 2 rings (SSSR count). The Kier molecular flexibility index (Phi) is 2.13. The minimum absolute atomic E-state index is 0.348. The van der Waals surface area contributed by atoms with Crippen LogP contribution in [0.15, 0.2) is 18.2 Å². The van der Waals surface area contributed by atoms with Crippen molar-refractivity contribution in [3.63, 3.8) is 0 Å². The lowest BCUT2D eigenvalue weighted by atomic mass is 9.99. The van der Waals surface area contributed by atoms with Gasteiger partial charge in [0, 0.05) is 18.3 Å². The largest absolute Gasteiger partial charge is 0.508 e. The molecule has 1 aromatic rings. The molecule has 1 aromatic carbocycles. The van der Waals surface area contributed by atoms with E-state index in [0.717, 1.165) is 24.6 Å². The molecule has 13 heavy (non-hydrogen) atoms. The second kappa shape index (κ2) is 3.29. The zero-order chi connectivity index (χ0) is 9.26. The summed E-state index contributed by atoms with van der Waals surface area (Å²) in [5, 5.41) is 12.6. The number of aromatic hydroxyl groups is 1. The molecule has 1 aliphatic rings. The highest BCUT2D eigenvalue weighted by Crippen LogP contribution is 2.27. The highest BCUT2D eigenvalue weighted by molar-refractivity contribution is 5.55. The molecule has 0 spiro atoms. The van der Waals surface area contributed by atoms with Crippen molar-refractivity contribution in [3.05, 3.63) is 23.8 Å². The smallest absolute Gasteiger partial charge is 0.117 e. The second-order valence-electron chi connectivity index (χ2n) is 3.87. The van der Waals surface area contributed by atoms with Crippen molar-refractivity contribution in [2.24, 2.45) is 5.92 Å². The first kappa shape index (κ1) is 8.42. The Hall–Kier alpha value is -1.18. The van der Waals surface area contributed by atoms with Gasteiger partial charge in [-0.3, -0.25) is 0 Å². The van der Waals surface area contributed by atoms with Gasteiger partial charge in [0.1, 0.15) is 5.75 Å². The highest BCUT2D eigenvalue weighted by atomic mass is 16.3. The molecular formula is C11H15NO. The van der Waals surface area contributed by atoms with Crippen LogP contribution in [0.2, 0.25) is 0 Å². The van der Waals surface area contributed by atoms with Gasteiger partial charge in [-0.05, 0) is 30.4 Å². The van der Waals surface area contributed by atoms with Crippen LogP contribution in [0.5, 0.6) is 5.75 Å². The van der Waals surface area contributed by atoms with Gasteiger partial charge in [-0.25, -0.2) is 0 Å². The van der Waals surface area contributed by atoms with Gasteiger partial charge in [-0.15, -0.1) is 0 Å². The molecule has 2 N–H and O–H groups in total. The summed E-state index contributed by atoms with van der Waals surface area (Å²) in [6, 6.07) is 5.59. The van der Waals surface area contributed by atoms with Gasteiger partial charge >= 0.3 is 0 Å². The number of hydrogen-bond donors (Lipinski definition) is 2. The maximum absolute atomic E-state index is 9.31. The first-order chi connectivity index (χ1) is 6.25. The van der Waals surface area contributed by atoms with Crippen molar-refractivity contribution >= 4 is 5.69 Å². The molecule has 0 radical (unpaired) electrons. The van der Waals surface area contributed by atoms with E-state index in [4.69, 9.17) is 0 Å². The fourth-order valence-corrected chi connectivity index (χ4v) is 1.84. The van der Waals surface area contributed by atoms with E-state index in [9.17, 15) is 5.11 Å². The minimum atomic E-state index is 0.348. The number of fused-ring (bicyclic) bond motifs is 1. The SMILES string of the molecule is CC1CCNc2cc(O)ccc2C1. The van der Waals surface area contributed by atoms with Crippen LogP contribution in [0.3, 0.4) is 0 Å². The van der Waals surface area contributed by atoms with Gasteiger partial charge in [0.2, 0.25) is 0 Å². The number of phenolic OH excluding ortho intramolecular Hbond substituents is 1. The van der Waals surface area contributed by atoms with Crippen molar-refractivity contribution < 1.29 is 5.11 Å². The van der Waals surface area contributed by atoms with E-state index in [1.165, 1.54) is 12.0 Å². The lowest BCUT2D eigenvalue weighted by molar-refractivity contribution is 0.475. The van der Waals surface area contributed by atoms with Crippen LogP contribution in [-0.2, 0) is 6.42 Å². The van der Waals surface area contributed by atoms with Gasteiger partial charge in [-0.1, -0.05) is 13.0 Å². The van der Waals surface area contributed by atoms with Crippen LogP contribution < -0.4 is 5.32 Å². The maximum Gasteiger partial charge on any atom is 0.117 e. The predicted molar refractivity (Wildman–Crippen MR) is 54.1 cm³/mol. The standard InChI is InChI=1S/C11H15NO/c1-8-4-5-12-11-7-10(13)3-2-9(11)6-8/h2-3,7-8,12-13H,4-6H2,1H3. The van der Waals surface area contributed by atoms with Crippen molar-refractivity contribution in [3.8, 4) is 5.75 Å². The van der Waals surface area contributed by atoms with E-state index in [2.05, 4.69) is 12.2 Å². The van der Waals surface area contributed by atoms with E-state index in [0.29, 0.717) is 5.75 Å². The number of anilines is 1. The topological polar surface area (TPSA) is 32.3 Å². The summed E-state index contributed by atoms with van der Waals surface area (Å²) >= 11 is 0. The summed E-state index contributed by atoms with van der Waals surface area (Å²) in [7, 11) is 0. The molecule has 1 unspecified atom stereocenters. The zero-order valence-electron chi connectivity index (χ0n) is 7.88. The first-order valence-corrected chi connectivity index (χ1v) is 4.81. The molecule has 2 heteroatoms. The molecule has 0 fully saturated rings. The Morgan fingerprint density at radius 1 is 1.46 bits per heavy atom. The number of rotatable bonds is 0. The number of hydrogen-bond acceptors (Lipinski definition) is 2. The van der Waals surface area contributed by atoms with E-state index < -0.39 is 0 Å². The van der Waals surface area contributed by atoms with Crippen LogP contribution in [0, 0.1) is 5.92 Å². The third-order valence-corrected chi connectivity index (χ3v) is 2.61. The Bertz CT molecular complexity index is 309. The van der Waals surface area contributed by atoms with Crippen molar-refractivity contribution in [2.45, 2.75) is 19.8 Å². The minimum Gasteiger partial charge on any atom is -0.508 e. The third-order valence-electron chi connectivity index (χ3n) is 2.61. The summed E-state index contributed by atoms with van der Waals surface area (Å²) in [4.78, 5) is 0.